The summed E-state index contributed by atoms with van der Waals surface area (Å²) in [4.78, 5) is 24.7. The van der Waals surface area contributed by atoms with E-state index in [2.05, 4.69) is 10.6 Å². The maximum atomic E-state index is 12.1. The normalized spacial score (nSPS) is 13.2. The highest BCUT2D eigenvalue weighted by Gasteiger charge is 2.24. The molecule has 1 aromatic heterocycles. The van der Waals surface area contributed by atoms with Gasteiger partial charge in [0.25, 0.3) is 5.91 Å². The molecule has 1 rings (SSSR count). The van der Waals surface area contributed by atoms with Crippen molar-refractivity contribution in [3.63, 3.8) is 0 Å². The number of carbonyl (C=O) groups excluding carboxylic acids is 2. The minimum Gasteiger partial charge on any atom is -0.354 e. The monoisotopic (exact) mass is 333 g/mol. The van der Waals surface area contributed by atoms with Gasteiger partial charge in [0.15, 0.2) is 0 Å². The first-order valence-corrected chi connectivity index (χ1v) is 7.67. The van der Waals surface area contributed by atoms with Crippen molar-refractivity contribution in [2.45, 2.75) is 39.3 Å². The minimum absolute atomic E-state index is 0. The van der Waals surface area contributed by atoms with Crippen molar-refractivity contribution in [2.24, 2.45) is 11.7 Å². The molecule has 5 nitrogen and oxygen atoms in total. The van der Waals surface area contributed by atoms with Crippen molar-refractivity contribution < 1.29 is 9.59 Å². The minimum atomic E-state index is -0.530. The van der Waals surface area contributed by atoms with Gasteiger partial charge in [-0.15, -0.1) is 23.7 Å². The molecule has 0 bridgehead atoms. The lowest BCUT2D eigenvalue weighted by Gasteiger charge is -2.21. The molecular formula is C14H24ClN3O2S. The average molecular weight is 334 g/mol. The fraction of sp³-hybridized carbons (Fsp3) is 0.571. The summed E-state index contributed by atoms with van der Waals surface area (Å²) in [6, 6.07) is 3.07. The van der Waals surface area contributed by atoms with Gasteiger partial charge in [0.05, 0.1) is 4.88 Å². The fourth-order valence-corrected chi connectivity index (χ4v) is 2.31. The lowest BCUT2D eigenvalue weighted by Crippen LogP contribution is -2.50. The van der Waals surface area contributed by atoms with Gasteiger partial charge in [-0.3, -0.25) is 9.59 Å². The Morgan fingerprint density at radius 2 is 2.00 bits per heavy atom. The van der Waals surface area contributed by atoms with E-state index >= 15 is 0 Å². The predicted octanol–water partition coefficient (Wildman–Crippen LogP) is 1.78. The van der Waals surface area contributed by atoms with Crippen LogP contribution in [0.3, 0.4) is 0 Å². The van der Waals surface area contributed by atoms with E-state index in [1.54, 1.807) is 6.07 Å². The summed E-state index contributed by atoms with van der Waals surface area (Å²) in [5, 5.41) is 7.44. The van der Waals surface area contributed by atoms with Crippen LogP contribution in [-0.4, -0.2) is 30.4 Å². The second-order valence-corrected chi connectivity index (χ2v) is 6.18. The molecule has 4 N–H and O–H groups in total. The SMILES string of the molecule is CC(N)CCNC(=O)C(NC(=O)c1cccs1)C(C)C.Cl. The Morgan fingerprint density at radius 3 is 2.48 bits per heavy atom. The van der Waals surface area contributed by atoms with Crippen LogP contribution in [0.15, 0.2) is 17.5 Å². The van der Waals surface area contributed by atoms with Crippen LogP contribution in [0.2, 0.25) is 0 Å². The van der Waals surface area contributed by atoms with Gasteiger partial charge in [0.2, 0.25) is 5.91 Å². The Morgan fingerprint density at radius 1 is 1.33 bits per heavy atom. The maximum absolute atomic E-state index is 12.1. The zero-order chi connectivity index (χ0) is 15.1. The van der Waals surface area contributed by atoms with Gasteiger partial charge in [0, 0.05) is 12.6 Å². The quantitative estimate of drug-likeness (QED) is 0.711. The highest BCUT2D eigenvalue weighted by Crippen LogP contribution is 2.10. The molecule has 1 heterocycles. The van der Waals surface area contributed by atoms with E-state index in [0.717, 1.165) is 6.42 Å². The van der Waals surface area contributed by atoms with Gasteiger partial charge >= 0.3 is 0 Å². The highest BCUT2D eigenvalue weighted by molar-refractivity contribution is 7.12. The van der Waals surface area contributed by atoms with Crippen LogP contribution >= 0.6 is 23.7 Å². The third-order valence-electron chi connectivity index (χ3n) is 2.88. The van der Waals surface area contributed by atoms with Crippen LogP contribution in [0, 0.1) is 5.92 Å². The Kier molecular flexibility index (Phi) is 9.24. The Labute approximate surface area is 136 Å². The lowest BCUT2D eigenvalue weighted by atomic mass is 10.0. The molecule has 0 saturated carbocycles. The smallest absolute Gasteiger partial charge is 0.262 e. The Hall–Kier alpha value is -1.11. The number of hydrogen-bond acceptors (Lipinski definition) is 4. The molecule has 0 fully saturated rings. The average Bonchev–Trinajstić information content (AvgIpc) is 2.88. The van der Waals surface area contributed by atoms with Crippen LogP contribution < -0.4 is 16.4 Å². The van der Waals surface area contributed by atoms with E-state index in [9.17, 15) is 9.59 Å². The molecule has 0 radical (unpaired) electrons. The number of nitrogens with two attached hydrogens (primary N) is 1. The third kappa shape index (κ3) is 6.93. The molecule has 7 heteroatoms. The van der Waals surface area contributed by atoms with E-state index in [4.69, 9.17) is 5.73 Å². The zero-order valence-electron chi connectivity index (χ0n) is 12.6. The highest BCUT2D eigenvalue weighted by atomic mass is 35.5. The van der Waals surface area contributed by atoms with E-state index in [0.29, 0.717) is 11.4 Å². The molecule has 2 atom stereocenters. The van der Waals surface area contributed by atoms with Gasteiger partial charge in [-0.2, -0.15) is 0 Å². The molecule has 0 spiro atoms. The maximum Gasteiger partial charge on any atom is 0.262 e. The molecule has 21 heavy (non-hydrogen) atoms. The number of thiophene rings is 1. The summed E-state index contributed by atoms with van der Waals surface area (Å²) in [6.07, 6.45) is 0.718. The first-order valence-electron chi connectivity index (χ1n) is 6.79. The van der Waals surface area contributed by atoms with Crippen molar-refractivity contribution in [1.29, 1.82) is 0 Å². The van der Waals surface area contributed by atoms with Crippen molar-refractivity contribution in [1.82, 2.24) is 10.6 Å². The van der Waals surface area contributed by atoms with Crippen LogP contribution in [0.25, 0.3) is 0 Å². The topological polar surface area (TPSA) is 84.2 Å². The second-order valence-electron chi connectivity index (χ2n) is 5.23. The van der Waals surface area contributed by atoms with E-state index < -0.39 is 6.04 Å². The Balaban J connectivity index is 0.00000400. The van der Waals surface area contributed by atoms with Gasteiger partial charge in [0.1, 0.15) is 6.04 Å². The molecular weight excluding hydrogens is 310 g/mol. The third-order valence-corrected chi connectivity index (χ3v) is 3.75. The van der Waals surface area contributed by atoms with Crippen molar-refractivity contribution in [3.05, 3.63) is 22.4 Å². The Bertz CT molecular complexity index is 435. The van der Waals surface area contributed by atoms with Gasteiger partial charge < -0.3 is 16.4 Å². The zero-order valence-corrected chi connectivity index (χ0v) is 14.2. The van der Waals surface area contributed by atoms with E-state index in [1.807, 2.05) is 32.2 Å². The molecule has 1 aromatic rings. The number of rotatable bonds is 7. The van der Waals surface area contributed by atoms with Gasteiger partial charge in [-0.25, -0.2) is 0 Å². The van der Waals surface area contributed by atoms with Crippen LogP contribution in [0.4, 0.5) is 0 Å². The summed E-state index contributed by atoms with van der Waals surface area (Å²) in [7, 11) is 0. The van der Waals surface area contributed by atoms with E-state index in [-0.39, 0.29) is 36.2 Å². The van der Waals surface area contributed by atoms with Crippen LogP contribution in [-0.2, 0) is 4.79 Å². The van der Waals surface area contributed by atoms with Crippen LogP contribution in [0.1, 0.15) is 36.9 Å². The molecule has 2 unspecified atom stereocenters. The summed E-state index contributed by atoms with van der Waals surface area (Å²) >= 11 is 1.36. The fourth-order valence-electron chi connectivity index (χ4n) is 1.69. The first kappa shape index (κ1) is 19.9. The van der Waals surface area contributed by atoms with Crippen molar-refractivity contribution in [2.75, 3.05) is 6.54 Å². The largest absolute Gasteiger partial charge is 0.354 e. The predicted molar refractivity (Wildman–Crippen MR) is 88.9 cm³/mol. The first-order chi connectivity index (χ1) is 9.41. The van der Waals surface area contributed by atoms with E-state index in [1.165, 1.54) is 11.3 Å². The number of nitrogens with one attached hydrogen (secondary N) is 2. The number of halogens is 1. The van der Waals surface area contributed by atoms with Crippen molar-refractivity contribution in [3.8, 4) is 0 Å². The molecule has 2 amide bonds. The molecule has 0 saturated heterocycles. The van der Waals surface area contributed by atoms with Gasteiger partial charge in [-0.1, -0.05) is 19.9 Å². The number of carbonyl (C=O) groups is 2. The summed E-state index contributed by atoms with van der Waals surface area (Å²) in [5.74, 6) is -0.346. The number of amides is 2. The van der Waals surface area contributed by atoms with Crippen molar-refractivity contribution >= 4 is 35.6 Å². The molecule has 0 aromatic carbocycles. The van der Waals surface area contributed by atoms with Crippen LogP contribution in [0.5, 0.6) is 0 Å². The second kappa shape index (κ2) is 9.76. The molecule has 0 aliphatic heterocycles. The molecule has 120 valence electrons. The van der Waals surface area contributed by atoms with Gasteiger partial charge in [-0.05, 0) is 30.7 Å². The molecule has 0 aliphatic carbocycles. The summed E-state index contributed by atoms with van der Waals surface area (Å²) < 4.78 is 0. The standard InChI is InChI=1S/C14H23N3O2S.ClH/c1-9(2)12(14(19)16-7-6-10(3)15)17-13(18)11-5-4-8-20-11;/h4-5,8-10,12H,6-7,15H2,1-3H3,(H,16,19)(H,17,18);1H. The summed E-state index contributed by atoms with van der Waals surface area (Å²) in [6.45, 7) is 6.23. The summed E-state index contributed by atoms with van der Waals surface area (Å²) in [5.41, 5.74) is 5.64. The molecule has 0 aliphatic rings. The lowest BCUT2D eigenvalue weighted by molar-refractivity contribution is -0.123. The number of hydrogen-bond donors (Lipinski definition) is 3.